The summed E-state index contributed by atoms with van der Waals surface area (Å²) >= 11 is 5.35. The molecular formula is C18H20N2OS. The summed E-state index contributed by atoms with van der Waals surface area (Å²) in [5.74, 6) is 0.807. The van der Waals surface area contributed by atoms with Crippen molar-refractivity contribution in [3.05, 3.63) is 72.8 Å². The molecule has 114 valence electrons. The van der Waals surface area contributed by atoms with E-state index >= 15 is 0 Å². The van der Waals surface area contributed by atoms with Gasteiger partial charge in [-0.15, -0.1) is 0 Å². The van der Waals surface area contributed by atoms with Crippen LogP contribution in [0.5, 0.6) is 5.75 Å². The van der Waals surface area contributed by atoms with E-state index in [1.54, 1.807) is 6.08 Å². The Bertz CT molecular complexity index is 611. The Hall–Kier alpha value is -2.33. The molecule has 1 atom stereocenters. The first-order valence-electron chi connectivity index (χ1n) is 7.15. The minimum absolute atomic E-state index is 0.149. The van der Waals surface area contributed by atoms with Crippen molar-refractivity contribution in [3.63, 3.8) is 0 Å². The van der Waals surface area contributed by atoms with E-state index in [0.717, 1.165) is 11.4 Å². The molecular weight excluding hydrogens is 292 g/mol. The van der Waals surface area contributed by atoms with E-state index in [1.165, 1.54) is 5.56 Å². The van der Waals surface area contributed by atoms with Crippen LogP contribution in [0.2, 0.25) is 0 Å². The van der Waals surface area contributed by atoms with E-state index in [-0.39, 0.29) is 6.04 Å². The lowest BCUT2D eigenvalue weighted by Crippen LogP contribution is -2.30. The molecule has 22 heavy (non-hydrogen) atoms. The van der Waals surface area contributed by atoms with Crippen LogP contribution in [0.3, 0.4) is 0 Å². The van der Waals surface area contributed by atoms with E-state index in [9.17, 15) is 0 Å². The summed E-state index contributed by atoms with van der Waals surface area (Å²) in [6.07, 6.45) is 1.72. The van der Waals surface area contributed by atoms with Crippen LogP contribution in [-0.2, 0) is 0 Å². The van der Waals surface area contributed by atoms with Gasteiger partial charge in [-0.1, -0.05) is 43.0 Å². The third-order valence-electron chi connectivity index (χ3n) is 3.13. The molecule has 0 bridgehead atoms. The molecule has 0 aliphatic heterocycles. The summed E-state index contributed by atoms with van der Waals surface area (Å²) in [4.78, 5) is 0. The number of benzene rings is 2. The molecule has 0 spiro atoms. The highest BCUT2D eigenvalue weighted by molar-refractivity contribution is 7.80. The zero-order chi connectivity index (χ0) is 15.8. The van der Waals surface area contributed by atoms with E-state index in [2.05, 4.69) is 36.3 Å². The van der Waals surface area contributed by atoms with Crippen molar-refractivity contribution in [2.75, 3.05) is 11.9 Å². The van der Waals surface area contributed by atoms with E-state index in [1.807, 2.05) is 42.5 Å². The lowest BCUT2D eigenvalue weighted by molar-refractivity contribution is 0.363. The van der Waals surface area contributed by atoms with E-state index in [4.69, 9.17) is 17.0 Å². The minimum atomic E-state index is 0.149. The third-order valence-corrected chi connectivity index (χ3v) is 3.35. The molecule has 0 fully saturated rings. The van der Waals surface area contributed by atoms with Crippen LogP contribution in [0.15, 0.2) is 67.3 Å². The topological polar surface area (TPSA) is 33.3 Å². The first kappa shape index (κ1) is 16.0. The lowest BCUT2D eigenvalue weighted by atomic mass is 10.1. The van der Waals surface area contributed by atoms with Gasteiger partial charge in [0.15, 0.2) is 5.11 Å². The number of anilines is 1. The Morgan fingerprint density at radius 3 is 2.50 bits per heavy atom. The zero-order valence-corrected chi connectivity index (χ0v) is 13.4. The monoisotopic (exact) mass is 312 g/mol. The number of rotatable bonds is 6. The molecule has 4 heteroatoms. The van der Waals surface area contributed by atoms with Crippen molar-refractivity contribution < 1.29 is 4.74 Å². The minimum Gasteiger partial charge on any atom is -0.490 e. The molecule has 0 aliphatic carbocycles. The highest BCUT2D eigenvalue weighted by Gasteiger charge is 2.06. The Morgan fingerprint density at radius 1 is 1.18 bits per heavy atom. The van der Waals surface area contributed by atoms with Gasteiger partial charge in [-0.2, -0.15) is 0 Å². The van der Waals surface area contributed by atoms with Crippen molar-refractivity contribution in [2.45, 2.75) is 13.0 Å². The third kappa shape index (κ3) is 4.90. The van der Waals surface area contributed by atoms with Gasteiger partial charge < -0.3 is 15.4 Å². The van der Waals surface area contributed by atoms with Crippen molar-refractivity contribution in [1.29, 1.82) is 0 Å². The molecule has 0 heterocycles. The first-order valence-corrected chi connectivity index (χ1v) is 7.56. The van der Waals surface area contributed by atoms with Crippen molar-refractivity contribution in [1.82, 2.24) is 5.32 Å². The summed E-state index contributed by atoms with van der Waals surface area (Å²) in [5, 5.41) is 7.03. The van der Waals surface area contributed by atoms with Gasteiger partial charge in [0.2, 0.25) is 0 Å². The smallest absolute Gasteiger partial charge is 0.171 e. The van der Waals surface area contributed by atoms with Gasteiger partial charge in [-0.25, -0.2) is 0 Å². The largest absolute Gasteiger partial charge is 0.490 e. The van der Waals surface area contributed by atoms with E-state index < -0.39 is 0 Å². The van der Waals surface area contributed by atoms with Gasteiger partial charge >= 0.3 is 0 Å². The Morgan fingerprint density at radius 2 is 1.86 bits per heavy atom. The molecule has 2 rings (SSSR count). The number of thiocarbonyl (C=S) groups is 1. The summed E-state index contributed by atoms with van der Waals surface area (Å²) in [6, 6.07) is 18.0. The van der Waals surface area contributed by atoms with Crippen LogP contribution in [0, 0.1) is 0 Å². The predicted molar refractivity (Wildman–Crippen MR) is 96.3 cm³/mol. The Balaban J connectivity index is 1.87. The standard InChI is InChI=1S/C18H20N2OS/c1-3-13-21-17-11-9-16(10-12-17)20-18(22)19-14(2)15-7-5-4-6-8-15/h3-12,14H,1,13H2,2H3,(H2,19,20,22). The van der Waals surface area contributed by atoms with Crippen LogP contribution in [0.4, 0.5) is 5.69 Å². The molecule has 0 radical (unpaired) electrons. The highest BCUT2D eigenvalue weighted by Crippen LogP contribution is 2.16. The molecule has 3 nitrogen and oxygen atoms in total. The molecule has 0 aliphatic rings. The molecule has 2 N–H and O–H groups in total. The fraction of sp³-hybridized carbons (Fsp3) is 0.167. The summed E-state index contributed by atoms with van der Waals surface area (Å²) in [6.45, 7) is 6.20. The number of nitrogens with one attached hydrogen (secondary N) is 2. The lowest BCUT2D eigenvalue weighted by Gasteiger charge is -2.17. The summed E-state index contributed by atoms with van der Waals surface area (Å²) < 4.78 is 5.44. The van der Waals surface area contributed by atoms with Crippen LogP contribution >= 0.6 is 12.2 Å². The molecule has 1 unspecified atom stereocenters. The maximum absolute atomic E-state index is 5.44. The van der Waals surface area contributed by atoms with Crippen molar-refractivity contribution in [3.8, 4) is 5.75 Å². The van der Waals surface area contributed by atoms with Gasteiger partial charge in [-0.3, -0.25) is 0 Å². The number of hydrogen-bond donors (Lipinski definition) is 2. The predicted octanol–water partition coefficient (Wildman–Crippen LogP) is 4.30. The van der Waals surface area contributed by atoms with Gasteiger partial charge in [-0.05, 0) is 49.0 Å². The van der Waals surface area contributed by atoms with Crippen LogP contribution in [0.1, 0.15) is 18.5 Å². The molecule has 0 amide bonds. The first-order chi connectivity index (χ1) is 10.7. The van der Waals surface area contributed by atoms with Crippen molar-refractivity contribution in [2.24, 2.45) is 0 Å². The SMILES string of the molecule is C=CCOc1ccc(NC(=S)NC(C)c2ccccc2)cc1. The van der Waals surface area contributed by atoms with Crippen LogP contribution in [0.25, 0.3) is 0 Å². The van der Waals surface area contributed by atoms with Crippen LogP contribution < -0.4 is 15.4 Å². The maximum Gasteiger partial charge on any atom is 0.171 e. The fourth-order valence-corrected chi connectivity index (χ4v) is 2.27. The second-order valence-corrected chi connectivity index (χ2v) is 5.26. The number of hydrogen-bond acceptors (Lipinski definition) is 2. The maximum atomic E-state index is 5.44. The fourth-order valence-electron chi connectivity index (χ4n) is 1.98. The summed E-state index contributed by atoms with van der Waals surface area (Å²) in [7, 11) is 0. The molecule has 0 saturated carbocycles. The van der Waals surface area contributed by atoms with Crippen LogP contribution in [-0.4, -0.2) is 11.7 Å². The van der Waals surface area contributed by atoms with Gasteiger partial charge in [0, 0.05) is 5.69 Å². The second kappa shape index (κ2) is 8.20. The van der Waals surface area contributed by atoms with E-state index in [0.29, 0.717) is 11.7 Å². The number of ether oxygens (including phenoxy) is 1. The highest BCUT2D eigenvalue weighted by atomic mass is 32.1. The molecule has 0 saturated heterocycles. The Kier molecular flexibility index (Phi) is 5.98. The Labute approximate surface area is 137 Å². The van der Waals surface area contributed by atoms with Gasteiger partial charge in [0.25, 0.3) is 0 Å². The van der Waals surface area contributed by atoms with Crippen molar-refractivity contribution >= 4 is 23.0 Å². The van der Waals surface area contributed by atoms with Gasteiger partial charge in [0.1, 0.15) is 12.4 Å². The quantitative estimate of drug-likeness (QED) is 0.615. The van der Waals surface area contributed by atoms with Gasteiger partial charge in [0.05, 0.1) is 6.04 Å². The second-order valence-electron chi connectivity index (χ2n) is 4.85. The average Bonchev–Trinajstić information content (AvgIpc) is 2.55. The average molecular weight is 312 g/mol. The zero-order valence-electron chi connectivity index (χ0n) is 12.6. The normalized spacial score (nSPS) is 11.3. The molecule has 0 aromatic heterocycles. The molecule has 2 aromatic carbocycles. The molecule has 2 aromatic rings. The summed E-state index contributed by atoms with van der Waals surface area (Å²) in [5.41, 5.74) is 2.11.